The molecule has 0 aromatic rings. The highest BCUT2D eigenvalue weighted by Crippen LogP contribution is 2.14. The Bertz CT molecular complexity index is 162. The zero-order valence-corrected chi connectivity index (χ0v) is 7.87. The molecule has 1 saturated heterocycles. The van der Waals surface area contributed by atoms with Gasteiger partial charge in [0.15, 0.2) is 0 Å². The molecule has 12 heavy (non-hydrogen) atoms. The molecule has 0 aliphatic carbocycles. The predicted octanol–water partition coefficient (Wildman–Crippen LogP) is 1.59. The zero-order chi connectivity index (χ0) is 8.97. The third kappa shape index (κ3) is 2.53. The molecule has 0 aromatic carbocycles. The molecule has 0 spiro atoms. The lowest BCUT2D eigenvalue weighted by Gasteiger charge is -2.14. The van der Waals surface area contributed by atoms with Crippen LogP contribution in [-0.4, -0.2) is 20.5 Å². The largest absolute Gasteiger partial charge is 0.713 e. The fourth-order valence-electron chi connectivity index (χ4n) is 1.05. The van der Waals surface area contributed by atoms with Crippen LogP contribution in [0, 0.1) is 5.92 Å². The van der Waals surface area contributed by atoms with Crippen molar-refractivity contribution in [3.05, 3.63) is 11.8 Å². The molecule has 0 unspecified atom stereocenters. The summed E-state index contributed by atoms with van der Waals surface area (Å²) in [5.41, 5.74) is 0. The molecule has 0 saturated carbocycles. The minimum Gasteiger partial charge on any atom is -0.515 e. The number of hydrogen-bond donors (Lipinski definition) is 0. The monoisotopic (exact) mass is 170 g/mol. The minimum atomic E-state index is -0.487. The minimum absolute atomic E-state index is 0.378. The highest BCUT2D eigenvalue weighted by molar-refractivity contribution is 6.37. The summed E-state index contributed by atoms with van der Waals surface area (Å²) in [6.45, 7) is 7.35. The van der Waals surface area contributed by atoms with Gasteiger partial charge in [-0.25, -0.2) is 0 Å². The topological polar surface area (TPSA) is 27.7 Å². The van der Waals surface area contributed by atoms with Crippen LogP contribution in [0.15, 0.2) is 11.8 Å². The maximum atomic E-state index is 5.44. The summed E-state index contributed by atoms with van der Waals surface area (Å²) >= 11 is 0. The van der Waals surface area contributed by atoms with Crippen LogP contribution in [0.3, 0.4) is 0 Å². The summed E-state index contributed by atoms with van der Waals surface area (Å²) in [5, 5.41) is 0. The van der Waals surface area contributed by atoms with E-state index in [1.165, 1.54) is 0 Å². The van der Waals surface area contributed by atoms with E-state index in [4.69, 9.17) is 14.0 Å². The molecule has 4 heteroatoms. The summed E-state index contributed by atoms with van der Waals surface area (Å²) in [6, 6.07) is 0. The van der Waals surface area contributed by atoms with Gasteiger partial charge in [0.05, 0.1) is 19.0 Å². The Hall–Kier alpha value is -0.475. The van der Waals surface area contributed by atoms with Gasteiger partial charge in [-0.05, 0) is 6.92 Å². The summed E-state index contributed by atoms with van der Waals surface area (Å²) in [7, 11) is -0.487. The lowest BCUT2D eigenvalue weighted by molar-refractivity contribution is 0.210. The van der Waals surface area contributed by atoms with Crippen LogP contribution in [0.2, 0.25) is 0 Å². The van der Waals surface area contributed by atoms with Crippen molar-refractivity contribution in [2.45, 2.75) is 20.8 Å². The van der Waals surface area contributed by atoms with Gasteiger partial charge in [0.25, 0.3) is 0 Å². The quantitative estimate of drug-likeness (QED) is 0.475. The molecule has 3 nitrogen and oxygen atoms in total. The van der Waals surface area contributed by atoms with Crippen molar-refractivity contribution >= 4 is 7.32 Å². The Morgan fingerprint density at radius 2 is 2.00 bits per heavy atom. The number of allylic oxidation sites excluding steroid dienone is 2. The first kappa shape index (κ1) is 9.61. The maximum absolute atomic E-state index is 5.44. The number of rotatable bonds is 3. The number of hydrogen-bond acceptors (Lipinski definition) is 3. The molecule has 0 bridgehead atoms. The Kier molecular flexibility index (Phi) is 3.63. The predicted molar refractivity (Wildman–Crippen MR) is 47.3 cm³/mol. The van der Waals surface area contributed by atoms with Crippen molar-refractivity contribution in [3.8, 4) is 0 Å². The first-order valence-corrected chi connectivity index (χ1v) is 4.30. The summed E-state index contributed by atoms with van der Waals surface area (Å²) in [6.07, 6.45) is 1.94. The van der Waals surface area contributed by atoms with Gasteiger partial charge in [-0.2, -0.15) is 0 Å². The van der Waals surface area contributed by atoms with Gasteiger partial charge in [-0.3, -0.25) is 0 Å². The highest BCUT2D eigenvalue weighted by Gasteiger charge is 2.30. The molecule has 0 aromatic heterocycles. The third-order valence-electron chi connectivity index (χ3n) is 1.68. The smallest absolute Gasteiger partial charge is 0.515 e. The fraction of sp³-hybridized carbons (Fsp3) is 0.750. The Morgan fingerprint density at radius 3 is 2.42 bits per heavy atom. The molecule has 1 aliphatic rings. The molecule has 0 N–H and O–H groups in total. The van der Waals surface area contributed by atoms with E-state index in [0.717, 1.165) is 5.76 Å². The van der Waals surface area contributed by atoms with E-state index in [-0.39, 0.29) is 0 Å². The van der Waals surface area contributed by atoms with E-state index in [1.807, 2.05) is 13.0 Å². The van der Waals surface area contributed by atoms with Gasteiger partial charge in [-0.15, -0.1) is 0 Å². The molecule has 0 radical (unpaired) electrons. The molecular formula is C8H15BO3. The van der Waals surface area contributed by atoms with Gasteiger partial charge < -0.3 is 14.0 Å². The van der Waals surface area contributed by atoms with Crippen LogP contribution >= 0.6 is 0 Å². The first-order chi connectivity index (χ1) is 5.74. The van der Waals surface area contributed by atoms with E-state index in [2.05, 4.69) is 13.8 Å². The van der Waals surface area contributed by atoms with Crippen LogP contribution in [0.25, 0.3) is 0 Å². The van der Waals surface area contributed by atoms with E-state index in [1.54, 1.807) is 0 Å². The van der Waals surface area contributed by atoms with Crippen molar-refractivity contribution in [2.24, 2.45) is 5.92 Å². The summed E-state index contributed by atoms with van der Waals surface area (Å²) < 4.78 is 15.7. The summed E-state index contributed by atoms with van der Waals surface area (Å²) in [4.78, 5) is 0. The average Bonchev–Trinajstić information content (AvgIpc) is 2.51. The molecule has 1 heterocycles. The van der Waals surface area contributed by atoms with E-state index in [9.17, 15) is 0 Å². The van der Waals surface area contributed by atoms with E-state index < -0.39 is 7.32 Å². The molecule has 1 fully saturated rings. The fourth-order valence-corrected chi connectivity index (χ4v) is 1.05. The molecule has 0 amide bonds. The van der Waals surface area contributed by atoms with E-state index in [0.29, 0.717) is 19.1 Å². The zero-order valence-electron chi connectivity index (χ0n) is 7.87. The Labute approximate surface area is 73.9 Å². The van der Waals surface area contributed by atoms with Crippen LogP contribution in [0.1, 0.15) is 20.8 Å². The molecule has 68 valence electrons. The van der Waals surface area contributed by atoms with Gasteiger partial charge >= 0.3 is 7.32 Å². The Balaban J connectivity index is 2.37. The van der Waals surface area contributed by atoms with Crippen LogP contribution in [0.5, 0.6) is 0 Å². The van der Waals surface area contributed by atoms with Gasteiger partial charge in [0.2, 0.25) is 0 Å². The van der Waals surface area contributed by atoms with Crippen molar-refractivity contribution in [1.82, 2.24) is 0 Å². The van der Waals surface area contributed by atoms with Gasteiger partial charge in [0, 0.05) is 5.92 Å². The van der Waals surface area contributed by atoms with Gasteiger partial charge in [-0.1, -0.05) is 19.9 Å². The highest BCUT2D eigenvalue weighted by atomic mass is 16.8. The lowest BCUT2D eigenvalue weighted by atomic mass is 10.1. The first-order valence-electron chi connectivity index (χ1n) is 4.30. The lowest BCUT2D eigenvalue weighted by Crippen LogP contribution is -2.20. The molecule has 0 atom stereocenters. The summed E-state index contributed by atoms with van der Waals surface area (Å²) in [5.74, 6) is 1.30. The second kappa shape index (κ2) is 4.53. The van der Waals surface area contributed by atoms with Crippen molar-refractivity contribution in [1.29, 1.82) is 0 Å². The SMILES string of the molecule is C/C=C(\OB1OCCO1)C(C)C. The molecule has 1 rings (SSSR count). The standard InChI is InChI=1S/C8H15BO3/c1-4-8(7(2)3)12-9-10-5-6-11-9/h4,7H,5-6H2,1-3H3/b8-4-. The van der Waals surface area contributed by atoms with Crippen molar-refractivity contribution in [2.75, 3.05) is 13.2 Å². The van der Waals surface area contributed by atoms with Crippen molar-refractivity contribution in [3.63, 3.8) is 0 Å². The van der Waals surface area contributed by atoms with Crippen LogP contribution in [0.4, 0.5) is 0 Å². The Morgan fingerprint density at radius 1 is 1.42 bits per heavy atom. The van der Waals surface area contributed by atoms with Crippen LogP contribution in [-0.2, 0) is 14.0 Å². The molecule has 1 aliphatic heterocycles. The van der Waals surface area contributed by atoms with E-state index >= 15 is 0 Å². The maximum Gasteiger partial charge on any atom is 0.713 e. The van der Waals surface area contributed by atoms with Crippen LogP contribution < -0.4 is 0 Å². The van der Waals surface area contributed by atoms with Gasteiger partial charge in [0.1, 0.15) is 0 Å². The molecular weight excluding hydrogens is 155 g/mol. The third-order valence-corrected chi connectivity index (χ3v) is 1.68. The second-order valence-electron chi connectivity index (χ2n) is 2.99. The average molecular weight is 170 g/mol. The normalized spacial score (nSPS) is 19.0. The van der Waals surface area contributed by atoms with Crippen molar-refractivity contribution < 1.29 is 14.0 Å². The second-order valence-corrected chi connectivity index (χ2v) is 2.99.